The molecule has 1 atom stereocenters. The fourth-order valence-corrected chi connectivity index (χ4v) is 4.90. The maximum Gasteiger partial charge on any atom is 0.252 e. The SMILES string of the molecule is NC(=O)c1cc2c(nc1N1CCC[C@]3(C1)C(=O)Nc1ccccc13)CCC2. The Hall–Kier alpha value is -2.89. The lowest BCUT2D eigenvalue weighted by Crippen LogP contribution is -2.50. The summed E-state index contributed by atoms with van der Waals surface area (Å²) in [5, 5.41) is 3.03. The number of rotatable bonds is 2. The zero-order valence-corrected chi connectivity index (χ0v) is 15.1. The number of para-hydroxylation sites is 1. The van der Waals surface area contributed by atoms with E-state index in [1.54, 1.807) is 0 Å². The lowest BCUT2D eigenvalue weighted by Gasteiger charge is -2.40. The van der Waals surface area contributed by atoms with Crippen molar-refractivity contribution >= 4 is 23.3 Å². The van der Waals surface area contributed by atoms with Crippen LogP contribution in [0.1, 0.15) is 46.4 Å². The highest BCUT2D eigenvalue weighted by atomic mass is 16.2. The molecule has 2 aromatic rings. The van der Waals surface area contributed by atoms with Gasteiger partial charge in [0.05, 0.1) is 11.0 Å². The summed E-state index contributed by atoms with van der Waals surface area (Å²) >= 11 is 0. The number of primary amides is 1. The summed E-state index contributed by atoms with van der Waals surface area (Å²) in [5.74, 6) is 0.220. The molecule has 2 amide bonds. The van der Waals surface area contributed by atoms with Crippen molar-refractivity contribution < 1.29 is 9.59 Å². The second kappa shape index (κ2) is 5.81. The highest BCUT2D eigenvalue weighted by molar-refractivity contribution is 6.07. The molecule has 6 heteroatoms. The minimum Gasteiger partial charge on any atom is -0.365 e. The lowest BCUT2D eigenvalue weighted by atomic mass is 9.75. The largest absolute Gasteiger partial charge is 0.365 e. The molecule has 3 heterocycles. The van der Waals surface area contributed by atoms with Crippen LogP contribution in [-0.2, 0) is 23.1 Å². The molecule has 3 N–H and O–H groups in total. The van der Waals surface area contributed by atoms with E-state index in [0.29, 0.717) is 17.9 Å². The van der Waals surface area contributed by atoms with Crippen molar-refractivity contribution in [1.82, 2.24) is 4.98 Å². The average Bonchev–Trinajstić information content (AvgIpc) is 3.24. The number of carbonyl (C=O) groups excluding carboxylic acids is 2. The maximum absolute atomic E-state index is 12.9. The van der Waals surface area contributed by atoms with Crippen molar-refractivity contribution in [3.63, 3.8) is 0 Å². The fraction of sp³-hybridized carbons (Fsp3) is 0.381. The van der Waals surface area contributed by atoms with Gasteiger partial charge in [-0.25, -0.2) is 4.98 Å². The number of hydrogen-bond donors (Lipinski definition) is 2. The summed E-state index contributed by atoms with van der Waals surface area (Å²) in [5.41, 5.74) is 9.68. The number of anilines is 2. The molecule has 6 nitrogen and oxygen atoms in total. The van der Waals surface area contributed by atoms with Crippen molar-refractivity contribution in [1.29, 1.82) is 0 Å². The second-order valence-electron chi connectivity index (χ2n) is 7.79. The number of fused-ring (bicyclic) bond motifs is 3. The molecule has 1 aromatic heterocycles. The molecule has 1 aliphatic carbocycles. The number of nitrogens with one attached hydrogen (secondary N) is 1. The van der Waals surface area contributed by atoms with Gasteiger partial charge in [-0.3, -0.25) is 9.59 Å². The molecule has 2 aliphatic heterocycles. The summed E-state index contributed by atoms with van der Waals surface area (Å²) in [4.78, 5) is 32.0. The van der Waals surface area contributed by atoms with Gasteiger partial charge in [-0.1, -0.05) is 18.2 Å². The third-order valence-electron chi connectivity index (χ3n) is 6.21. The van der Waals surface area contributed by atoms with Crippen LogP contribution >= 0.6 is 0 Å². The van der Waals surface area contributed by atoms with Crippen molar-refractivity contribution in [3.8, 4) is 0 Å². The van der Waals surface area contributed by atoms with Crippen molar-refractivity contribution in [2.75, 3.05) is 23.3 Å². The molecule has 138 valence electrons. The molecular weight excluding hydrogens is 340 g/mol. The first-order valence-electron chi connectivity index (χ1n) is 9.57. The molecular formula is C21H22N4O2. The Morgan fingerprint density at radius 1 is 1.22 bits per heavy atom. The molecule has 1 aromatic carbocycles. The van der Waals surface area contributed by atoms with E-state index in [0.717, 1.165) is 61.2 Å². The Balaban J connectivity index is 1.58. The fourth-order valence-electron chi connectivity index (χ4n) is 4.90. The van der Waals surface area contributed by atoms with E-state index in [9.17, 15) is 9.59 Å². The van der Waals surface area contributed by atoms with Gasteiger partial charge in [-0.2, -0.15) is 0 Å². The van der Waals surface area contributed by atoms with E-state index in [2.05, 4.69) is 10.2 Å². The number of hydrogen-bond acceptors (Lipinski definition) is 4. The van der Waals surface area contributed by atoms with Crippen LogP contribution in [0.25, 0.3) is 0 Å². The molecule has 1 spiro atoms. The summed E-state index contributed by atoms with van der Waals surface area (Å²) in [6.07, 6.45) is 4.60. The van der Waals surface area contributed by atoms with E-state index in [4.69, 9.17) is 10.7 Å². The molecule has 0 radical (unpaired) electrons. The van der Waals surface area contributed by atoms with E-state index in [-0.39, 0.29) is 5.91 Å². The average molecular weight is 362 g/mol. The highest BCUT2D eigenvalue weighted by Crippen LogP contribution is 2.44. The number of nitrogens with zero attached hydrogens (tertiary/aromatic N) is 2. The summed E-state index contributed by atoms with van der Waals surface area (Å²) in [7, 11) is 0. The van der Waals surface area contributed by atoms with Crippen molar-refractivity contribution in [2.24, 2.45) is 5.73 Å². The van der Waals surface area contributed by atoms with Crippen LogP contribution < -0.4 is 16.0 Å². The maximum atomic E-state index is 12.9. The summed E-state index contributed by atoms with van der Waals surface area (Å²) in [6.45, 7) is 1.28. The van der Waals surface area contributed by atoms with E-state index in [1.165, 1.54) is 0 Å². The normalized spacial score (nSPS) is 23.3. The lowest BCUT2D eigenvalue weighted by molar-refractivity contribution is -0.121. The molecule has 1 saturated heterocycles. The van der Waals surface area contributed by atoms with E-state index < -0.39 is 11.3 Å². The van der Waals surface area contributed by atoms with Crippen LogP contribution in [0.5, 0.6) is 0 Å². The number of amides is 2. The van der Waals surface area contributed by atoms with Gasteiger partial charge in [0.1, 0.15) is 5.82 Å². The molecule has 0 saturated carbocycles. The third-order valence-corrected chi connectivity index (χ3v) is 6.21. The molecule has 3 aliphatic rings. The first-order valence-corrected chi connectivity index (χ1v) is 9.57. The van der Waals surface area contributed by atoms with Gasteiger partial charge >= 0.3 is 0 Å². The van der Waals surface area contributed by atoms with E-state index >= 15 is 0 Å². The zero-order valence-electron chi connectivity index (χ0n) is 15.1. The second-order valence-corrected chi connectivity index (χ2v) is 7.79. The van der Waals surface area contributed by atoms with Crippen LogP contribution in [-0.4, -0.2) is 29.9 Å². The van der Waals surface area contributed by atoms with Crippen LogP contribution in [0.3, 0.4) is 0 Å². The summed E-state index contributed by atoms with van der Waals surface area (Å²) in [6, 6.07) is 9.80. The smallest absolute Gasteiger partial charge is 0.252 e. The Morgan fingerprint density at radius 2 is 2.07 bits per heavy atom. The van der Waals surface area contributed by atoms with Crippen LogP contribution in [0, 0.1) is 0 Å². The number of benzene rings is 1. The van der Waals surface area contributed by atoms with Crippen LogP contribution in [0.15, 0.2) is 30.3 Å². The van der Waals surface area contributed by atoms with Gasteiger partial charge in [-0.15, -0.1) is 0 Å². The number of aromatic nitrogens is 1. The zero-order chi connectivity index (χ0) is 18.6. The molecule has 27 heavy (non-hydrogen) atoms. The molecule has 0 bridgehead atoms. The number of aryl methyl sites for hydroxylation is 2. The Kier molecular flexibility index (Phi) is 3.50. The number of carbonyl (C=O) groups is 2. The van der Waals surface area contributed by atoms with Gasteiger partial charge in [0, 0.05) is 24.5 Å². The van der Waals surface area contributed by atoms with Gasteiger partial charge in [0.15, 0.2) is 0 Å². The van der Waals surface area contributed by atoms with Gasteiger partial charge in [0.25, 0.3) is 5.91 Å². The standard InChI is InChI=1S/C21H22N4O2/c22-18(26)14-11-13-5-3-8-16(13)23-19(14)25-10-4-9-21(12-25)15-6-1-2-7-17(15)24-20(21)27/h1-2,6-7,11H,3-5,8-10,12H2,(H2,22,26)(H,24,27)/t21-/m1/s1. The first-order chi connectivity index (χ1) is 13.1. The van der Waals surface area contributed by atoms with Crippen molar-refractivity contribution in [3.05, 3.63) is 52.7 Å². The third kappa shape index (κ3) is 2.36. The van der Waals surface area contributed by atoms with Crippen molar-refractivity contribution in [2.45, 2.75) is 37.5 Å². The minimum absolute atomic E-state index is 0.0372. The quantitative estimate of drug-likeness (QED) is 0.857. The van der Waals surface area contributed by atoms with Gasteiger partial charge < -0.3 is 16.0 Å². The van der Waals surface area contributed by atoms with E-state index in [1.807, 2.05) is 30.3 Å². The Labute approximate surface area is 157 Å². The predicted molar refractivity (Wildman–Crippen MR) is 103 cm³/mol. The number of piperidine rings is 1. The Morgan fingerprint density at radius 3 is 2.93 bits per heavy atom. The number of nitrogens with two attached hydrogens (primary N) is 1. The minimum atomic E-state index is -0.593. The monoisotopic (exact) mass is 362 g/mol. The van der Waals surface area contributed by atoms with Gasteiger partial charge in [-0.05, 0) is 55.4 Å². The van der Waals surface area contributed by atoms with Gasteiger partial charge in [0.2, 0.25) is 5.91 Å². The molecule has 0 unspecified atom stereocenters. The summed E-state index contributed by atoms with van der Waals surface area (Å²) < 4.78 is 0. The van der Waals surface area contributed by atoms with Crippen LogP contribution in [0.4, 0.5) is 11.5 Å². The first kappa shape index (κ1) is 16.3. The highest BCUT2D eigenvalue weighted by Gasteiger charge is 2.49. The Bertz CT molecular complexity index is 971. The molecule has 1 fully saturated rings. The van der Waals surface area contributed by atoms with Crippen LogP contribution in [0.2, 0.25) is 0 Å². The number of pyridine rings is 1. The topological polar surface area (TPSA) is 88.3 Å². The molecule has 5 rings (SSSR count). The predicted octanol–water partition coefficient (Wildman–Crippen LogP) is 2.16.